The maximum absolute atomic E-state index is 6.45. The number of rotatable bonds is 29. The van der Waals surface area contributed by atoms with Crippen LogP contribution in [0, 0.1) is 0 Å². The van der Waals surface area contributed by atoms with E-state index in [1.165, 1.54) is 32.1 Å². The lowest BCUT2D eigenvalue weighted by molar-refractivity contribution is -0.290. The van der Waals surface area contributed by atoms with Gasteiger partial charge in [0.2, 0.25) is 0 Å². The molecule has 1 rings (SSSR count). The molecule has 0 radical (unpaired) electrons. The van der Waals surface area contributed by atoms with E-state index in [9.17, 15) is 0 Å². The highest BCUT2D eigenvalue weighted by Crippen LogP contribution is 2.25. The van der Waals surface area contributed by atoms with E-state index in [0.717, 1.165) is 64.2 Å². The lowest BCUT2D eigenvalue weighted by Crippen LogP contribution is -2.57. The molecule has 1 fully saturated rings. The van der Waals surface area contributed by atoms with Crippen molar-refractivity contribution in [2.45, 2.75) is 128 Å². The first-order valence-corrected chi connectivity index (χ1v) is 16.6. The van der Waals surface area contributed by atoms with Crippen LogP contribution in [0.25, 0.3) is 0 Å². The van der Waals surface area contributed by atoms with Gasteiger partial charge in [0.25, 0.3) is 0 Å². The van der Waals surface area contributed by atoms with Gasteiger partial charge < -0.3 is 23.7 Å². The number of unbranched alkanes of at least 4 members (excludes halogenated alkanes) is 11. The second kappa shape index (κ2) is 29.3. The zero-order chi connectivity index (χ0) is 30.4. The molecular weight excluding hydrogens is 524 g/mol. The summed E-state index contributed by atoms with van der Waals surface area (Å²) in [5.41, 5.74) is 0. The SMILES string of the molecule is C=CCCC/C=C/CO[C@H]1[C@H](OC/C=C/CCCC=C)COC(OCCCCCCCC)[C@@H]1OC/C=C/CCCC=C. The molecule has 4 atom stereocenters. The molecule has 5 nitrogen and oxygen atoms in total. The molecule has 0 aromatic carbocycles. The average molecular weight is 587 g/mol. The summed E-state index contributed by atoms with van der Waals surface area (Å²) in [6, 6.07) is 0. The predicted octanol–water partition coefficient (Wildman–Crippen LogP) is 9.61. The second-order valence-electron chi connectivity index (χ2n) is 10.9. The Balaban J connectivity index is 2.84. The Kier molecular flexibility index (Phi) is 26.7. The largest absolute Gasteiger partial charge is 0.369 e. The Hall–Kier alpha value is -1.76. The first kappa shape index (κ1) is 38.3. The molecule has 0 N–H and O–H groups in total. The summed E-state index contributed by atoms with van der Waals surface area (Å²) < 4.78 is 31.6. The van der Waals surface area contributed by atoms with Crippen LogP contribution in [-0.4, -0.2) is 57.6 Å². The van der Waals surface area contributed by atoms with Crippen LogP contribution in [0.15, 0.2) is 74.4 Å². The maximum atomic E-state index is 6.45. The summed E-state index contributed by atoms with van der Waals surface area (Å²) in [6.07, 6.45) is 34.0. The van der Waals surface area contributed by atoms with Crippen LogP contribution in [-0.2, 0) is 23.7 Å². The summed E-state index contributed by atoms with van der Waals surface area (Å²) in [4.78, 5) is 0. The zero-order valence-electron chi connectivity index (χ0n) is 26.8. The van der Waals surface area contributed by atoms with Crippen molar-refractivity contribution >= 4 is 0 Å². The number of hydrogen-bond acceptors (Lipinski definition) is 5. The Morgan fingerprint density at radius 3 is 1.60 bits per heavy atom. The van der Waals surface area contributed by atoms with Crippen LogP contribution in [0.4, 0.5) is 0 Å². The summed E-state index contributed by atoms with van der Waals surface area (Å²) in [5, 5.41) is 0. The summed E-state index contributed by atoms with van der Waals surface area (Å²) in [7, 11) is 0. The maximum Gasteiger partial charge on any atom is 0.186 e. The van der Waals surface area contributed by atoms with Gasteiger partial charge in [0.1, 0.15) is 18.3 Å². The summed E-state index contributed by atoms with van der Waals surface area (Å²) in [5.74, 6) is 0. The number of hydrogen-bond donors (Lipinski definition) is 0. The van der Waals surface area contributed by atoms with Gasteiger partial charge in [-0.3, -0.25) is 0 Å². The topological polar surface area (TPSA) is 46.2 Å². The molecule has 1 unspecified atom stereocenters. The van der Waals surface area contributed by atoms with Crippen molar-refractivity contribution in [3.8, 4) is 0 Å². The van der Waals surface area contributed by atoms with Crippen molar-refractivity contribution in [1.29, 1.82) is 0 Å². The fraction of sp³-hybridized carbons (Fsp3) is 0.676. The van der Waals surface area contributed by atoms with Crippen molar-refractivity contribution in [2.24, 2.45) is 0 Å². The van der Waals surface area contributed by atoms with Crippen LogP contribution in [0.2, 0.25) is 0 Å². The monoisotopic (exact) mass is 586 g/mol. The van der Waals surface area contributed by atoms with E-state index in [4.69, 9.17) is 23.7 Å². The van der Waals surface area contributed by atoms with Crippen molar-refractivity contribution < 1.29 is 23.7 Å². The normalized spacial score (nSPS) is 21.1. The Bertz CT molecular complexity index is 728. The van der Waals surface area contributed by atoms with Gasteiger partial charge in [-0.05, 0) is 64.2 Å². The van der Waals surface area contributed by atoms with Crippen LogP contribution >= 0.6 is 0 Å². The van der Waals surface area contributed by atoms with Crippen LogP contribution in [0.5, 0.6) is 0 Å². The van der Waals surface area contributed by atoms with Crippen LogP contribution < -0.4 is 0 Å². The molecule has 5 heteroatoms. The van der Waals surface area contributed by atoms with Gasteiger partial charge in [0.15, 0.2) is 6.29 Å². The number of allylic oxidation sites excluding steroid dienone is 6. The van der Waals surface area contributed by atoms with E-state index in [-0.39, 0.29) is 18.3 Å². The van der Waals surface area contributed by atoms with E-state index in [0.29, 0.717) is 33.0 Å². The standard InChI is InChI=1S/C37H62O5/c1-5-9-13-17-21-25-29-38-34-33-42-37(41-32-28-24-20-16-12-8-4)36(40-31-27-23-19-15-11-7-3)35(34)39-30-26-22-18-14-10-6-2/h5-7,21-23,25-27,34-37H,1-3,8-20,24,28-33H2,4H3/b25-21+,26-22+,27-23+/t34-,35+,36-,37?/m1/s1. The lowest BCUT2D eigenvalue weighted by atomic mass is 10.0. The number of ether oxygens (including phenoxy) is 5. The van der Waals surface area contributed by atoms with Gasteiger partial charge in [-0.2, -0.15) is 0 Å². The molecule has 0 saturated carbocycles. The molecule has 42 heavy (non-hydrogen) atoms. The molecule has 0 aromatic heterocycles. The Morgan fingerprint density at radius 2 is 1.05 bits per heavy atom. The third kappa shape index (κ3) is 20.2. The minimum Gasteiger partial charge on any atom is -0.369 e. The van der Waals surface area contributed by atoms with Gasteiger partial charge in [-0.25, -0.2) is 0 Å². The van der Waals surface area contributed by atoms with Gasteiger partial charge in [-0.15, -0.1) is 19.7 Å². The van der Waals surface area contributed by atoms with Gasteiger partial charge in [0.05, 0.1) is 26.4 Å². The molecule has 1 aliphatic rings. The van der Waals surface area contributed by atoms with Crippen molar-refractivity contribution in [3.05, 3.63) is 74.4 Å². The van der Waals surface area contributed by atoms with E-state index < -0.39 is 6.29 Å². The predicted molar refractivity (Wildman–Crippen MR) is 178 cm³/mol. The van der Waals surface area contributed by atoms with E-state index in [1.807, 2.05) is 18.2 Å². The fourth-order valence-corrected chi connectivity index (χ4v) is 4.70. The molecule has 1 aliphatic heterocycles. The third-order valence-electron chi connectivity index (χ3n) is 7.18. The van der Waals surface area contributed by atoms with E-state index >= 15 is 0 Å². The van der Waals surface area contributed by atoms with Crippen LogP contribution in [0.1, 0.15) is 103 Å². The Morgan fingerprint density at radius 1 is 0.548 bits per heavy atom. The first-order valence-electron chi connectivity index (χ1n) is 16.6. The van der Waals surface area contributed by atoms with E-state index in [2.05, 4.69) is 63.1 Å². The van der Waals surface area contributed by atoms with Crippen molar-refractivity contribution in [3.63, 3.8) is 0 Å². The second-order valence-corrected chi connectivity index (χ2v) is 10.9. The average Bonchev–Trinajstić information content (AvgIpc) is 3.00. The smallest absolute Gasteiger partial charge is 0.186 e. The van der Waals surface area contributed by atoms with Gasteiger partial charge >= 0.3 is 0 Å². The molecule has 0 amide bonds. The lowest BCUT2D eigenvalue weighted by Gasteiger charge is -2.41. The molecular formula is C37H62O5. The fourth-order valence-electron chi connectivity index (χ4n) is 4.70. The van der Waals surface area contributed by atoms with Crippen molar-refractivity contribution in [1.82, 2.24) is 0 Å². The van der Waals surface area contributed by atoms with Gasteiger partial charge in [0, 0.05) is 6.61 Å². The first-order chi connectivity index (χ1) is 20.8. The van der Waals surface area contributed by atoms with Crippen molar-refractivity contribution in [2.75, 3.05) is 33.0 Å². The zero-order valence-corrected chi connectivity index (χ0v) is 26.8. The highest BCUT2D eigenvalue weighted by atomic mass is 16.7. The molecule has 240 valence electrons. The quantitative estimate of drug-likeness (QED) is 0.0645. The molecule has 1 saturated heterocycles. The molecule has 0 spiro atoms. The molecule has 0 bridgehead atoms. The minimum atomic E-state index is -0.481. The molecule has 1 heterocycles. The third-order valence-corrected chi connectivity index (χ3v) is 7.18. The summed E-state index contributed by atoms with van der Waals surface area (Å²) >= 11 is 0. The highest BCUT2D eigenvalue weighted by Gasteiger charge is 2.43. The van der Waals surface area contributed by atoms with Crippen LogP contribution in [0.3, 0.4) is 0 Å². The highest BCUT2D eigenvalue weighted by molar-refractivity contribution is 4.92. The van der Waals surface area contributed by atoms with Gasteiger partial charge in [-0.1, -0.05) is 93.7 Å². The van der Waals surface area contributed by atoms with E-state index in [1.54, 1.807) is 0 Å². The summed E-state index contributed by atoms with van der Waals surface area (Å²) in [6.45, 7) is 16.2. The Labute approximate surface area is 258 Å². The minimum absolute atomic E-state index is 0.243. The molecule has 0 aliphatic carbocycles. The molecule has 0 aromatic rings.